The Labute approximate surface area is 121 Å². The molecule has 11 heteroatoms. The first kappa shape index (κ1) is 31.3. The van der Waals surface area contributed by atoms with Gasteiger partial charge >= 0.3 is 18.9 Å². The van der Waals surface area contributed by atoms with Crippen molar-refractivity contribution < 1.29 is 70.4 Å². The number of aldehydes is 1. The quantitative estimate of drug-likeness (QED) is 0.181. The Kier molecular flexibility index (Phi) is 33.4. The Hall–Kier alpha value is -0.0926. The summed E-state index contributed by atoms with van der Waals surface area (Å²) in [5.74, 6) is 0. The molecule has 0 aliphatic carbocycles. The van der Waals surface area contributed by atoms with Crippen LogP contribution in [0.15, 0.2) is 0 Å². The van der Waals surface area contributed by atoms with Crippen molar-refractivity contribution >= 4 is 6.29 Å². The first-order chi connectivity index (χ1) is 7.45. The Morgan fingerprint density at radius 2 is 1.26 bits per heavy atom. The summed E-state index contributed by atoms with van der Waals surface area (Å²) in [5, 5.41) is 58.8. The van der Waals surface area contributed by atoms with E-state index in [1.165, 1.54) is 0 Å². The van der Waals surface area contributed by atoms with E-state index in [0.29, 0.717) is 0 Å². The minimum atomic E-state index is -1.79. The standard InChI is InChI=1S/C6H12O6.C2H6O2.Li.2H2O/c7-1-3(9)5(11)6(12)4(10)2-8;3-1-2-4;;;/h1,3-6,8-12H,2H2;3-4H,1-2H2;;2*1H2/q;;+1;;/p-1. The zero-order chi connectivity index (χ0) is 13.1. The van der Waals surface area contributed by atoms with Gasteiger partial charge in [0, 0.05) is 0 Å². The summed E-state index contributed by atoms with van der Waals surface area (Å²) in [6.07, 6.45) is -6.84. The molecule has 0 amide bonds. The molecule has 4 unspecified atom stereocenters. The largest absolute Gasteiger partial charge is 1.00 e. The van der Waals surface area contributed by atoms with Gasteiger partial charge in [-0.05, 0) is 0 Å². The first-order valence-corrected chi connectivity index (χ1v) is 4.46. The molecule has 0 aromatic heterocycles. The summed E-state index contributed by atoms with van der Waals surface area (Å²) in [5.41, 5.74) is 0. The fraction of sp³-hybridized carbons (Fsp3) is 0.875. The number of hydrogen-bond acceptors (Lipinski definition) is 9. The van der Waals surface area contributed by atoms with Gasteiger partial charge in [0.05, 0.1) is 19.8 Å². The van der Waals surface area contributed by atoms with Gasteiger partial charge in [-0.15, -0.1) is 0 Å². The van der Waals surface area contributed by atoms with Gasteiger partial charge in [0.1, 0.15) is 24.4 Å². The van der Waals surface area contributed by atoms with Gasteiger partial charge in [0.2, 0.25) is 0 Å². The van der Waals surface area contributed by atoms with Crippen molar-refractivity contribution in [1.82, 2.24) is 0 Å². The maximum absolute atomic E-state index is 9.90. The van der Waals surface area contributed by atoms with Gasteiger partial charge in [-0.25, -0.2) is 0 Å². The second-order valence-electron chi connectivity index (χ2n) is 2.80. The topological polar surface area (TPSA) is 220 Å². The molecular weight excluding hydrogens is 263 g/mol. The zero-order valence-electron chi connectivity index (χ0n) is 10.5. The maximum atomic E-state index is 9.90. The maximum Gasteiger partial charge on any atom is 1.00 e. The molecule has 0 fully saturated rings. The van der Waals surface area contributed by atoms with E-state index in [9.17, 15) is 4.79 Å². The minimum absolute atomic E-state index is 0. The fourth-order valence-corrected chi connectivity index (χ4v) is 0.618. The van der Waals surface area contributed by atoms with E-state index >= 15 is 0 Å². The third-order valence-corrected chi connectivity index (χ3v) is 1.52. The minimum Gasteiger partial charge on any atom is -0.870 e. The van der Waals surface area contributed by atoms with Crippen LogP contribution < -0.4 is 18.9 Å². The van der Waals surface area contributed by atoms with Crippen molar-refractivity contribution in [2.45, 2.75) is 24.4 Å². The van der Waals surface area contributed by atoms with E-state index in [4.69, 9.17) is 35.7 Å². The summed E-state index contributed by atoms with van der Waals surface area (Å²) < 4.78 is 0. The molecule has 0 bridgehead atoms. The van der Waals surface area contributed by atoms with Crippen LogP contribution in [-0.2, 0) is 4.79 Å². The van der Waals surface area contributed by atoms with Gasteiger partial charge in [-0.2, -0.15) is 0 Å². The van der Waals surface area contributed by atoms with Crippen molar-refractivity contribution in [3.05, 3.63) is 0 Å². The van der Waals surface area contributed by atoms with Crippen LogP contribution in [0.4, 0.5) is 0 Å². The predicted octanol–water partition coefficient (Wildman–Crippen LogP) is -8.41. The molecule has 19 heavy (non-hydrogen) atoms. The van der Waals surface area contributed by atoms with Crippen LogP contribution in [0.2, 0.25) is 0 Å². The Bertz CT molecular complexity index is 170. The molecule has 0 radical (unpaired) electrons. The third-order valence-electron chi connectivity index (χ3n) is 1.52. The second kappa shape index (κ2) is 20.2. The number of rotatable bonds is 6. The van der Waals surface area contributed by atoms with Crippen molar-refractivity contribution in [2.75, 3.05) is 19.8 Å². The van der Waals surface area contributed by atoms with Crippen LogP contribution in [-0.4, -0.2) is 97.2 Å². The molecule has 0 aliphatic rings. The molecule has 0 heterocycles. The van der Waals surface area contributed by atoms with E-state index < -0.39 is 31.0 Å². The molecule has 4 atom stereocenters. The predicted molar refractivity (Wildman–Crippen MR) is 56.9 cm³/mol. The van der Waals surface area contributed by atoms with E-state index in [1.807, 2.05) is 0 Å². The van der Waals surface area contributed by atoms with Gasteiger partial charge in [-0.1, -0.05) is 0 Å². The molecular formula is C8H21LiO10. The second-order valence-corrected chi connectivity index (χ2v) is 2.80. The van der Waals surface area contributed by atoms with Crippen molar-refractivity contribution in [2.24, 2.45) is 0 Å². The van der Waals surface area contributed by atoms with Crippen LogP contribution in [0.1, 0.15) is 0 Å². The van der Waals surface area contributed by atoms with E-state index in [0.717, 1.165) is 0 Å². The normalized spacial score (nSPS) is 14.9. The molecule has 0 saturated heterocycles. The molecule has 0 aromatic rings. The van der Waals surface area contributed by atoms with Gasteiger partial charge < -0.3 is 51.5 Å². The number of aliphatic hydroxyl groups excluding tert-OH is 7. The monoisotopic (exact) mass is 284 g/mol. The van der Waals surface area contributed by atoms with Gasteiger partial charge in [0.25, 0.3) is 0 Å². The van der Waals surface area contributed by atoms with Crippen LogP contribution in [0.3, 0.4) is 0 Å². The van der Waals surface area contributed by atoms with Crippen molar-refractivity contribution in [3.8, 4) is 0 Å². The molecule has 0 rings (SSSR count). The zero-order valence-corrected chi connectivity index (χ0v) is 10.5. The van der Waals surface area contributed by atoms with Crippen LogP contribution >= 0.6 is 0 Å². The van der Waals surface area contributed by atoms with E-state index in [1.54, 1.807) is 0 Å². The smallest absolute Gasteiger partial charge is 0.870 e. The fourth-order valence-electron chi connectivity index (χ4n) is 0.618. The first-order valence-electron chi connectivity index (χ1n) is 4.46. The molecule has 0 aliphatic heterocycles. The number of carbonyl (C=O) groups excluding carboxylic acids is 1. The van der Waals surface area contributed by atoms with Crippen molar-refractivity contribution in [1.29, 1.82) is 0 Å². The van der Waals surface area contributed by atoms with E-state index in [2.05, 4.69) is 0 Å². The SMILES string of the molecule is O.O=CC(O)C(O)C(O)C(O)CO.OCCO.[Li+].[OH-]. The van der Waals surface area contributed by atoms with Crippen LogP contribution in [0.25, 0.3) is 0 Å². The Morgan fingerprint density at radius 3 is 1.47 bits per heavy atom. The summed E-state index contributed by atoms with van der Waals surface area (Å²) in [7, 11) is 0. The average molecular weight is 284 g/mol. The number of carbonyl (C=O) groups is 1. The Morgan fingerprint density at radius 1 is 0.895 bits per heavy atom. The van der Waals surface area contributed by atoms with Gasteiger partial charge in [-0.3, -0.25) is 0 Å². The van der Waals surface area contributed by atoms with Crippen molar-refractivity contribution in [3.63, 3.8) is 0 Å². The Balaban J connectivity index is -0.0000000827. The molecule has 114 valence electrons. The van der Waals surface area contributed by atoms with Crippen LogP contribution in [0, 0.1) is 0 Å². The van der Waals surface area contributed by atoms with E-state index in [-0.39, 0.29) is 49.3 Å². The summed E-state index contributed by atoms with van der Waals surface area (Å²) in [6, 6.07) is 0. The molecule has 0 saturated carbocycles. The molecule has 10 N–H and O–H groups in total. The third kappa shape index (κ3) is 15.9. The summed E-state index contributed by atoms with van der Waals surface area (Å²) in [4.78, 5) is 9.90. The molecule has 0 spiro atoms. The van der Waals surface area contributed by atoms with Crippen LogP contribution in [0.5, 0.6) is 0 Å². The summed E-state index contributed by atoms with van der Waals surface area (Å²) in [6.45, 7) is -1.01. The molecule has 0 aromatic carbocycles. The molecule has 10 nitrogen and oxygen atoms in total. The summed E-state index contributed by atoms with van der Waals surface area (Å²) >= 11 is 0. The number of hydrogen-bond donors (Lipinski definition) is 7. The average Bonchev–Trinajstić information content (AvgIpc) is 2.34. The van der Waals surface area contributed by atoms with Gasteiger partial charge in [0.15, 0.2) is 6.29 Å². The number of aliphatic hydroxyl groups is 7.